The summed E-state index contributed by atoms with van der Waals surface area (Å²) in [5.74, 6) is -0.219. The molecule has 0 bridgehead atoms. The molecule has 12 nitrogen and oxygen atoms in total. The minimum absolute atomic E-state index is 0.219. The second-order valence-electron chi connectivity index (χ2n) is 9.34. The molecule has 0 spiro atoms. The quantitative estimate of drug-likeness (QED) is 0.196. The number of benzene rings is 2. The van der Waals surface area contributed by atoms with Crippen molar-refractivity contribution < 1.29 is 54.8 Å². The summed E-state index contributed by atoms with van der Waals surface area (Å²) in [4.78, 5) is 11.8. The van der Waals surface area contributed by atoms with E-state index in [1.165, 1.54) is 0 Å². The van der Waals surface area contributed by atoms with Gasteiger partial charge in [-0.1, -0.05) is 30.3 Å². The van der Waals surface area contributed by atoms with Gasteiger partial charge in [-0.3, -0.25) is 4.79 Å². The number of aliphatic hydroxyl groups excluding tert-OH is 7. The molecule has 8 N–H and O–H groups in total. The van der Waals surface area contributed by atoms with Crippen molar-refractivity contribution in [3.63, 3.8) is 0 Å². The molecule has 10 atom stereocenters. The second-order valence-corrected chi connectivity index (χ2v) is 9.34. The molecule has 208 valence electrons. The molecule has 2 aromatic carbocycles. The van der Waals surface area contributed by atoms with E-state index in [-0.39, 0.29) is 5.91 Å². The van der Waals surface area contributed by atoms with Gasteiger partial charge in [-0.15, -0.1) is 0 Å². The zero-order chi connectivity index (χ0) is 27.6. The Balaban J connectivity index is 1.58. The lowest BCUT2D eigenvalue weighted by Crippen LogP contribution is -2.63. The van der Waals surface area contributed by atoms with E-state index < -0.39 is 74.4 Å². The fourth-order valence-electron chi connectivity index (χ4n) is 4.71. The van der Waals surface area contributed by atoms with E-state index in [9.17, 15) is 40.5 Å². The molecule has 0 saturated carbocycles. The second kappa shape index (κ2) is 12.1. The van der Waals surface area contributed by atoms with E-state index in [2.05, 4.69) is 5.32 Å². The number of rotatable bonds is 7. The van der Waals surface area contributed by atoms with Gasteiger partial charge in [-0.25, -0.2) is 0 Å². The van der Waals surface area contributed by atoms with Gasteiger partial charge in [0.05, 0.1) is 13.2 Å². The number of carbonyl (C=O) groups is 1. The molecule has 0 aromatic heterocycles. The van der Waals surface area contributed by atoms with Crippen molar-refractivity contribution in [1.82, 2.24) is 5.32 Å². The van der Waals surface area contributed by atoms with E-state index in [0.29, 0.717) is 11.1 Å². The number of hydrogen-bond acceptors (Lipinski definition) is 11. The molecule has 2 aliphatic rings. The summed E-state index contributed by atoms with van der Waals surface area (Å²) < 4.78 is 16.9. The zero-order valence-corrected chi connectivity index (χ0v) is 20.6. The van der Waals surface area contributed by atoms with E-state index >= 15 is 0 Å². The smallest absolute Gasteiger partial charge is 0.251 e. The molecular weight excluding hydrogens is 502 g/mol. The van der Waals surface area contributed by atoms with Crippen molar-refractivity contribution in [3.05, 3.63) is 59.7 Å². The summed E-state index contributed by atoms with van der Waals surface area (Å²) in [6.45, 7) is -1.29. The number of hydrogen-bond donors (Lipinski definition) is 8. The maximum Gasteiger partial charge on any atom is 0.251 e. The van der Waals surface area contributed by atoms with Crippen LogP contribution in [-0.2, 0) is 14.2 Å². The van der Waals surface area contributed by atoms with Crippen LogP contribution in [0.25, 0.3) is 11.1 Å². The molecule has 2 heterocycles. The highest BCUT2D eigenvalue weighted by Gasteiger charge is 2.50. The molecule has 1 amide bonds. The van der Waals surface area contributed by atoms with Crippen molar-refractivity contribution in [3.8, 4) is 11.1 Å². The first-order chi connectivity index (χ1) is 18.2. The van der Waals surface area contributed by atoms with Crippen LogP contribution in [-0.4, -0.2) is 117 Å². The molecule has 2 saturated heterocycles. The topological polar surface area (TPSA) is 198 Å². The molecule has 38 heavy (non-hydrogen) atoms. The van der Waals surface area contributed by atoms with E-state index in [1.807, 2.05) is 6.07 Å². The SMILES string of the molecule is CNC(=O)c1ccc(-c2cccc([C@H]3O[C@H](CO)[C@@H](O)[C@H](O[C@H]4O[C@H](CO)[C@@H](O)[C@@H](O)[C@H]4O)[C@@H]3O)c2)cc1. The fraction of sp³-hybridized carbons (Fsp3) is 0.500. The van der Waals surface area contributed by atoms with Crippen LogP contribution in [0.1, 0.15) is 22.0 Å². The Morgan fingerprint density at radius 3 is 2.11 bits per heavy atom. The lowest BCUT2D eigenvalue weighted by atomic mass is 9.89. The van der Waals surface area contributed by atoms with E-state index in [1.54, 1.807) is 49.5 Å². The number of amides is 1. The highest BCUT2D eigenvalue weighted by atomic mass is 16.7. The highest BCUT2D eigenvalue weighted by molar-refractivity contribution is 5.94. The Kier molecular flexibility index (Phi) is 9.11. The minimum Gasteiger partial charge on any atom is -0.394 e. The Hall–Kier alpha value is -2.49. The van der Waals surface area contributed by atoms with Gasteiger partial charge < -0.3 is 55.3 Å². The minimum atomic E-state index is -1.75. The molecule has 4 rings (SSSR count). The average Bonchev–Trinajstić information content (AvgIpc) is 2.95. The molecule has 0 unspecified atom stereocenters. The molecule has 2 aromatic rings. The van der Waals surface area contributed by atoms with Crippen LogP contribution in [0.4, 0.5) is 0 Å². The normalized spacial score (nSPS) is 35.6. The first kappa shape index (κ1) is 28.5. The summed E-state index contributed by atoms with van der Waals surface area (Å²) in [5.41, 5.74) is 2.53. The third-order valence-electron chi connectivity index (χ3n) is 6.93. The van der Waals surface area contributed by atoms with Gasteiger partial charge in [0.15, 0.2) is 6.29 Å². The highest BCUT2D eigenvalue weighted by Crippen LogP contribution is 2.37. The largest absolute Gasteiger partial charge is 0.394 e. The lowest BCUT2D eigenvalue weighted by molar-refractivity contribution is -0.342. The maximum atomic E-state index is 11.8. The summed E-state index contributed by atoms with van der Waals surface area (Å²) in [6, 6.07) is 13.9. The van der Waals surface area contributed by atoms with Crippen molar-refractivity contribution in [2.75, 3.05) is 20.3 Å². The summed E-state index contributed by atoms with van der Waals surface area (Å²) in [6.07, 6.45) is -14.7. The molecule has 2 fully saturated rings. The van der Waals surface area contributed by atoms with Crippen molar-refractivity contribution in [1.29, 1.82) is 0 Å². The van der Waals surface area contributed by atoms with E-state index in [4.69, 9.17) is 14.2 Å². The van der Waals surface area contributed by atoms with Crippen LogP contribution in [0.15, 0.2) is 48.5 Å². The summed E-state index contributed by atoms with van der Waals surface area (Å²) in [5, 5.41) is 74.2. The molecular formula is C26H33NO11. The average molecular weight is 536 g/mol. The lowest BCUT2D eigenvalue weighted by Gasteiger charge is -2.46. The summed E-state index contributed by atoms with van der Waals surface area (Å²) in [7, 11) is 1.54. The number of aliphatic hydroxyl groups is 7. The summed E-state index contributed by atoms with van der Waals surface area (Å²) >= 11 is 0. The van der Waals surface area contributed by atoms with Crippen LogP contribution in [0.5, 0.6) is 0 Å². The Labute approximate surface area is 218 Å². The first-order valence-corrected chi connectivity index (χ1v) is 12.2. The zero-order valence-electron chi connectivity index (χ0n) is 20.6. The molecule has 0 aliphatic carbocycles. The standard InChI is InChI=1S/C26H33NO11/c1-27-25(35)13-7-5-12(6-8-13)14-3-2-4-15(9-14)23-22(34)24(19(31)17(11-29)36-23)38-26-21(33)20(32)18(30)16(10-28)37-26/h2-9,16-24,26,28-34H,10-11H2,1H3,(H,27,35)/t16-,17-,18-,19-,20-,21-,22-,23-,24+,26-/m1/s1. The van der Waals surface area contributed by atoms with Gasteiger partial charge >= 0.3 is 0 Å². The first-order valence-electron chi connectivity index (χ1n) is 12.2. The Morgan fingerprint density at radius 2 is 1.47 bits per heavy atom. The van der Waals surface area contributed by atoms with Gasteiger partial charge in [-0.2, -0.15) is 0 Å². The molecule has 0 radical (unpaired) electrons. The van der Waals surface area contributed by atoms with Crippen LogP contribution < -0.4 is 5.32 Å². The number of carbonyl (C=O) groups excluding carboxylic acids is 1. The monoisotopic (exact) mass is 535 g/mol. The number of ether oxygens (including phenoxy) is 3. The van der Waals surface area contributed by atoms with Crippen molar-refractivity contribution >= 4 is 5.91 Å². The molecule has 12 heteroatoms. The van der Waals surface area contributed by atoms with E-state index in [0.717, 1.165) is 11.1 Å². The third-order valence-corrected chi connectivity index (χ3v) is 6.93. The predicted molar refractivity (Wildman–Crippen MR) is 131 cm³/mol. The maximum absolute atomic E-state index is 11.8. The van der Waals surface area contributed by atoms with Gasteiger partial charge in [0.2, 0.25) is 0 Å². The predicted octanol–water partition coefficient (Wildman–Crippen LogP) is -1.95. The van der Waals surface area contributed by atoms with Gasteiger partial charge in [0.25, 0.3) is 5.91 Å². The van der Waals surface area contributed by atoms with Crippen molar-refractivity contribution in [2.24, 2.45) is 0 Å². The Morgan fingerprint density at radius 1 is 0.816 bits per heavy atom. The fourth-order valence-corrected chi connectivity index (χ4v) is 4.71. The van der Waals surface area contributed by atoms with Crippen molar-refractivity contribution in [2.45, 2.75) is 61.2 Å². The van der Waals surface area contributed by atoms with Crippen LogP contribution in [0.2, 0.25) is 0 Å². The van der Waals surface area contributed by atoms with Gasteiger partial charge in [0, 0.05) is 12.6 Å². The van der Waals surface area contributed by atoms with Crippen LogP contribution in [0.3, 0.4) is 0 Å². The van der Waals surface area contributed by atoms with Crippen LogP contribution >= 0.6 is 0 Å². The molecule has 2 aliphatic heterocycles. The third kappa shape index (κ3) is 5.60. The van der Waals surface area contributed by atoms with Crippen LogP contribution in [0, 0.1) is 0 Å². The number of nitrogens with one attached hydrogen (secondary N) is 1. The Bertz CT molecular complexity index is 1080. The van der Waals surface area contributed by atoms with Gasteiger partial charge in [0.1, 0.15) is 54.9 Å². The van der Waals surface area contributed by atoms with Gasteiger partial charge in [-0.05, 0) is 34.9 Å².